The summed E-state index contributed by atoms with van der Waals surface area (Å²) in [5.74, 6) is 1.03. The maximum Gasteiger partial charge on any atom is 0.0959 e. The van der Waals surface area contributed by atoms with E-state index in [1.807, 2.05) is 0 Å². The van der Waals surface area contributed by atoms with Crippen LogP contribution in [0.5, 0.6) is 0 Å². The number of para-hydroxylation sites is 1. The molecule has 6 aromatic carbocycles. The zero-order chi connectivity index (χ0) is 26.2. The van der Waals surface area contributed by atoms with E-state index in [2.05, 4.69) is 138 Å². The van der Waals surface area contributed by atoms with E-state index >= 15 is 0 Å². The van der Waals surface area contributed by atoms with E-state index in [0.717, 1.165) is 30.0 Å². The highest BCUT2D eigenvalue weighted by molar-refractivity contribution is 6.24. The molecule has 0 spiro atoms. The molecule has 2 nitrogen and oxygen atoms in total. The van der Waals surface area contributed by atoms with Gasteiger partial charge < -0.3 is 9.64 Å². The van der Waals surface area contributed by atoms with Gasteiger partial charge in [0.15, 0.2) is 0 Å². The summed E-state index contributed by atoms with van der Waals surface area (Å²) in [5.41, 5.74) is 6.00. The first-order chi connectivity index (χ1) is 19.3. The molecule has 188 valence electrons. The molecular weight excluding hydrogens is 474 g/mol. The van der Waals surface area contributed by atoms with Gasteiger partial charge in [-0.05, 0) is 92.3 Å². The number of benzene rings is 6. The normalized spacial score (nSPS) is 13.8. The molecule has 1 aliphatic rings. The predicted octanol–water partition coefficient (Wildman–Crippen LogP) is 10.1. The molecule has 39 heavy (non-hydrogen) atoms. The number of anilines is 2. The maximum atomic E-state index is 5.46. The molecule has 0 bridgehead atoms. The van der Waals surface area contributed by atoms with Crippen LogP contribution in [0.1, 0.15) is 24.0 Å². The Labute approximate surface area is 229 Å². The molecule has 0 saturated heterocycles. The van der Waals surface area contributed by atoms with Crippen LogP contribution in [-0.4, -0.2) is 7.11 Å². The third-order valence-electron chi connectivity index (χ3n) is 7.80. The fraction of sp³-hybridized carbons (Fsp3) is 0.0811. The van der Waals surface area contributed by atoms with E-state index < -0.39 is 0 Å². The lowest BCUT2D eigenvalue weighted by molar-refractivity contribution is 0.275. The fourth-order valence-corrected chi connectivity index (χ4v) is 5.87. The van der Waals surface area contributed by atoms with E-state index in [1.54, 1.807) is 7.11 Å². The number of hydrogen-bond donors (Lipinski definition) is 0. The Morgan fingerprint density at radius 3 is 2.08 bits per heavy atom. The van der Waals surface area contributed by atoms with E-state index in [9.17, 15) is 0 Å². The van der Waals surface area contributed by atoms with Gasteiger partial charge in [0.25, 0.3) is 0 Å². The third kappa shape index (κ3) is 4.24. The summed E-state index contributed by atoms with van der Waals surface area (Å²) in [5, 5.41) is 7.89. The maximum absolute atomic E-state index is 5.46. The zero-order valence-corrected chi connectivity index (χ0v) is 22.0. The standard InChI is InChI=1S/C37H29NO/c1-39-34-23-21-33(22-24-34)38(31-10-3-2-4-11-31)32-19-14-26(15-20-32)13-16-29-25-30-9-5-7-27-17-18-28-8-6-12-35(29)37(28)36(27)30/h2-21,23,25H,22,24H2,1H3. The molecule has 0 heterocycles. The Morgan fingerprint density at radius 1 is 0.615 bits per heavy atom. The van der Waals surface area contributed by atoms with E-state index in [0.29, 0.717) is 0 Å². The van der Waals surface area contributed by atoms with E-state index in [4.69, 9.17) is 4.74 Å². The van der Waals surface area contributed by atoms with Crippen LogP contribution < -0.4 is 4.90 Å². The number of rotatable bonds is 6. The summed E-state index contributed by atoms with van der Waals surface area (Å²) < 4.78 is 5.46. The highest BCUT2D eigenvalue weighted by atomic mass is 16.5. The zero-order valence-electron chi connectivity index (χ0n) is 22.0. The van der Waals surface area contributed by atoms with E-state index in [-0.39, 0.29) is 0 Å². The van der Waals surface area contributed by atoms with Crippen molar-refractivity contribution in [3.05, 3.63) is 144 Å². The first-order valence-corrected chi connectivity index (χ1v) is 13.5. The summed E-state index contributed by atoms with van der Waals surface area (Å²) in [4.78, 5) is 2.35. The van der Waals surface area contributed by atoms with Gasteiger partial charge in [-0.25, -0.2) is 0 Å². The second kappa shape index (κ2) is 9.81. The molecule has 0 aromatic heterocycles. The Kier molecular flexibility index (Phi) is 5.86. The lowest BCUT2D eigenvalue weighted by atomic mass is 9.91. The van der Waals surface area contributed by atoms with Crippen LogP contribution in [0, 0.1) is 0 Å². The number of hydrogen-bond acceptors (Lipinski definition) is 2. The van der Waals surface area contributed by atoms with Crippen molar-refractivity contribution in [1.82, 2.24) is 0 Å². The minimum Gasteiger partial charge on any atom is -0.501 e. The minimum absolute atomic E-state index is 0.908. The van der Waals surface area contributed by atoms with Gasteiger partial charge >= 0.3 is 0 Å². The lowest BCUT2D eigenvalue weighted by Gasteiger charge is -2.29. The molecule has 1 aliphatic carbocycles. The fourth-order valence-electron chi connectivity index (χ4n) is 5.87. The predicted molar refractivity (Wildman–Crippen MR) is 167 cm³/mol. The number of nitrogens with zero attached hydrogens (tertiary/aromatic N) is 1. The van der Waals surface area contributed by atoms with E-state index in [1.165, 1.54) is 49.1 Å². The highest BCUT2D eigenvalue weighted by Crippen LogP contribution is 2.38. The molecule has 6 aromatic rings. The monoisotopic (exact) mass is 503 g/mol. The summed E-state index contributed by atoms with van der Waals surface area (Å²) in [6.07, 6.45) is 10.6. The number of ether oxygens (including phenoxy) is 1. The Bertz CT molecular complexity index is 1880. The van der Waals surface area contributed by atoms with Gasteiger partial charge in [0.2, 0.25) is 0 Å². The van der Waals surface area contributed by atoms with Crippen molar-refractivity contribution in [3.63, 3.8) is 0 Å². The van der Waals surface area contributed by atoms with Crippen molar-refractivity contribution in [2.24, 2.45) is 0 Å². The van der Waals surface area contributed by atoms with Gasteiger partial charge in [-0.15, -0.1) is 0 Å². The van der Waals surface area contributed by atoms with Crippen LogP contribution in [0.2, 0.25) is 0 Å². The molecule has 2 heteroatoms. The molecule has 0 fully saturated rings. The summed E-state index contributed by atoms with van der Waals surface area (Å²) in [6.45, 7) is 0. The molecular formula is C37H29NO. The molecule has 0 unspecified atom stereocenters. The lowest BCUT2D eigenvalue weighted by Crippen LogP contribution is -2.18. The van der Waals surface area contributed by atoms with Crippen molar-refractivity contribution in [2.75, 3.05) is 12.0 Å². The molecule has 0 atom stereocenters. The highest BCUT2D eigenvalue weighted by Gasteiger charge is 2.17. The smallest absolute Gasteiger partial charge is 0.0959 e. The third-order valence-corrected chi connectivity index (χ3v) is 7.80. The second-order valence-electron chi connectivity index (χ2n) is 10.1. The van der Waals surface area contributed by atoms with Gasteiger partial charge in [-0.3, -0.25) is 0 Å². The van der Waals surface area contributed by atoms with Crippen molar-refractivity contribution >= 4 is 55.8 Å². The average Bonchev–Trinajstić information content (AvgIpc) is 3.00. The van der Waals surface area contributed by atoms with Crippen LogP contribution in [0.4, 0.5) is 11.4 Å². The van der Waals surface area contributed by atoms with Crippen molar-refractivity contribution in [1.29, 1.82) is 0 Å². The Balaban J connectivity index is 1.25. The summed E-state index contributed by atoms with van der Waals surface area (Å²) in [6, 6.07) is 39.4. The molecule has 0 aliphatic heterocycles. The first kappa shape index (κ1) is 23.3. The molecule has 7 rings (SSSR count). The van der Waals surface area contributed by atoms with Crippen molar-refractivity contribution in [2.45, 2.75) is 12.8 Å². The molecule has 0 N–H and O–H groups in total. The second-order valence-corrected chi connectivity index (χ2v) is 10.1. The van der Waals surface area contributed by atoms with Gasteiger partial charge in [0, 0.05) is 23.5 Å². The van der Waals surface area contributed by atoms with Crippen LogP contribution in [0.25, 0.3) is 44.5 Å². The minimum atomic E-state index is 0.908. The van der Waals surface area contributed by atoms with Gasteiger partial charge in [-0.2, -0.15) is 0 Å². The topological polar surface area (TPSA) is 12.5 Å². The van der Waals surface area contributed by atoms with Gasteiger partial charge in [0.05, 0.1) is 12.9 Å². The number of allylic oxidation sites excluding steroid dienone is 4. The summed E-state index contributed by atoms with van der Waals surface area (Å²) in [7, 11) is 1.74. The van der Waals surface area contributed by atoms with Crippen LogP contribution in [0.15, 0.2) is 133 Å². The average molecular weight is 504 g/mol. The van der Waals surface area contributed by atoms with Crippen molar-refractivity contribution in [3.8, 4) is 0 Å². The van der Waals surface area contributed by atoms with Crippen LogP contribution in [0.3, 0.4) is 0 Å². The SMILES string of the molecule is COC1=CC=C(N(c2ccccc2)c2ccc(C=Cc3cc4cccc5ccc6cccc3c6c54)cc2)CC1. The van der Waals surface area contributed by atoms with Crippen LogP contribution in [-0.2, 0) is 4.74 Å². The quantitative estimate of drug-likeness (QED) is 0.166. The van der Waals surface area contributed by atoms with Gasteiger partial charge in [-0.1, -0.05) is 91.0 Å². The molecule has 0 saturated carbocycles. The van der Waals surface area contributed by atoms with Crippen molar-refractivity contribution < 1.29 is 4.74 Å². The first-order valence-electron chi connectivity index (χ1n) is 13.5. The molecule has 0 radical (unpaired) electrons. The number of methoxy groups -OCH3 is 1. The largest absolute Gasteiger partial charge is 0.501 e. The molecule has 0 amide bonds. The van der Waals surface area contributed by atoms with Gasteiger partial charge in [0.1, 0.15) is 0 Å². The Hall–Kier alpha value is -4.82. The summed E-state index contributed by atoms with van der Waals surface area (Å²) >= 11 is 0. The van der Waals surface area contributed by atoms with Crippen LogP contribution >= 0.6 is 0 Å². The Morgan fingerprint density at radius 2 is 1.33 bits per heavy atom.